The number of hydrogen-bond acceptors (Lipinski definition) is 8. The van der Waals surface area contributed by atoms with Crippen LogP contribution in [0.15, 0.2) is 24.5 Å². The number of carbonyl (C=O) groups excluding carboxylic acids is 1. The van der Waals surface area contributed by atoms with E-state index in [9.17, 15) is 4.79 Å². The summed E-state index contributed by atoms with van der Waals surface area (Å²) in [6.07, 6.45) is 1.60. The molecule has 9 heteroatoms. The minimum absolute atomic E-state index is 0.217. The Balaban J connectivity index is 1.53. The first kappa shape index (κ1) is 23.0. The minimum Gasteiger partial charge on any atom is -0.399 e. The average molecular weight is 440 g/mol. The van der Waals surface area contributed by atoms with Gasteiger partial charge in [0.2, 0.25) is 0 Å². The molecule has 0 spiro atoms. The molecule has 3 heterocycles. The Morgan fingerprint density at radius 1 is 1.03 bits per heavy atom. The van der Waals surface area contributed by atoms with Gasteiger partial charge in [0.1, 0.15) is 12.1 Å². The molecule has 4 rings (SSSR count). The second kappa shape index (κ2) is 7.97. The number of piperazine rings is 1. The lowest BCUT2D eigenvalue weighted by Crippen LogP contribution is -2.48. The van der Waals surface area contributed by atoms with E-state index in [2.05, 4.69) is 48.6 Å². The van der Waals surface area contributed by atoms with Gasteiger partial charge in [-0.2, -0.15) is 0 Å². The molecule has 2 aliphatic rings. The highest BCUT2D eigenvalue weighted by molar-refractivity contribution is 6.62. The molecule has 0 unspecified atom stereocenters. The maximum absolute atomic E-state index is 12.2. The van der Waals surface area contributed by atoms with E-state index in [-0.39, 0.29) is 5.97 Å². The van der Waals surface area contributed by atoms with Crippen molar-refractivity contribution in [1.29, 1.82) is 0 Å². The Hall–Kier alpha value is -2.23. The van der Waals surface area contributed by atoms with Crippen molar-refractivity contribution in [2.24, 2.45) is 5.41 Å². The highest BCUT2D eigenvalue weighted by Crippen LogP contribution is 2.37. The van der Waals surface area contributed by atoms with Gasteiger partial charge in [-0.15, -0.1) is 5.06 Å². The molecule has 0 amide bonds. The van der Waals surface area contributed by atoms with E-state index in [1.807, 2.05) is 32.9 Å². The van der Waals surface area contributed by atoms with Gasteiger partial charge in [-0.05, 0) is 66.1 Å². The van der Waals surface area contributed by atoms with Gasteiger partial charge in [0.05, 0.1) is 35.2 Å². The zero-order chi connectivity index (χ0) is 23.3. The molecule has 1 aromatic heterocycles. The molecule has 0 aliphatic carbocycles. The molecule has 172 valence electrons. The number of hydroxylamine groups is 2. The van der Waals surface area contributed by atoms with Crippen molar-refractivity contribution in [3.8, 4) is 0 Å². The summed E-state index contributed by atoms with van der Waals surface area (Å²) < 4.78 is 12.5. The number of benzene rings is 1. The fourth-order valence-electron chi connectivity index (χ4n) is 3.68. The number of aromatic nitrogens is 2. The lowest BCUT2D eigenvalue weighted by atomic mass is 9.78. The summed E-state index contributed by atoms with van der Waals surface area (Å²) in [7, 11) is -0.439. The standard InChI is InChI=1S/C23H33BN4O4/c1-21(2,3)20(29)30-28-12-10-27(11-13-28)19-17-14-16(8-9-18(17)25-15-26-19)24-31-22(4,5)23(6,7)32-24/h8-9,14-15H,10-13H2,1-7H3. The molecule has 0 N–H and O–H groups in total. The molecular formula is C23H33BN4O4. The van der Waals surface area contributed by atoms with Crippen LogP contribution in [0.25, 0.3) is 10.9 Å². The van der Waals surface area contributed by atoms with Crippen molar-refractivity contribution >= 4 is 35.3 Å². The molecule has 2 saturated heterocycles. The molecule has 1 aromatic carbocycles. The van der Waals surface area contributed by atoms with Gasteiger partial charge < -0.3 is 19.0 Å². The third kappa shape index (κ3) is 4.33. The molecule has 0 bridgehead atoms. The van der Waals surface area contributed by atoms with Gasteiger partial charge in [-0.3, -0.25) is 0 Å². The van der Waals surface area contributed by atoms with Crippen molar-refractivity contribution in [3.05, 3.63) is 24.5 Å². The molecule has 0 saturated carbocycles. The quantitative estimate of drug-likeness (QED) is 0.675. The molecule has 2 fully saturated rings. The van der Waals surface area contributed by atoms with Gasteiger partial charge in [-0.1, -0.05) is 6.07 Å². The van der Waals surface area contributed by atoms with E-state index >= 15 is 0 Å². The third-order valence-corrected chi connectivity index (χ3v) is 6.53. The van der Waals surface area contributed by atoms with Crippen molar-refractivity contribution < 1.29 is 18.9 Å². The van der Waals surface area contributed by atoms with Crippen molar-refractivity contribution in [2.75, 3.05) is 31.1 Å². The first-order valence-electron chi connectivity index (χ1n) is 11.2. The van der Waals surface area contributed by atoms with Crippen LogP contribution in [0.5, 0.6) is 0 Å². The lowest BCUT2D eigenvalue weighted by Gasteiger charge is -2.35. The van der Waals surface area contributed by atoms with Crippen LogP contribution in [0.3, 0.4) is 0 Å². The van der Waals surface area contributed by atoms with Crippen LogP contribution >= 0.6 is 0 Å². The van der Waals surface area contributed by atoms with Crippen LogP contribution in [0.4, 0.5) is 5.82 Å². The summed E-state index contributed by atoms with van der Waals surface area (Å²) >= 11 is 0. The topological polar surface area (TPSA) is 77.0 Å². The van der Waals surface area contributed by atoms with E-state index in [0.29, 0.717) is 26.2 Å². The van der Waals surface area contributed by atoms with E-state index in [1.165, 1.54) is 0 Å². The van der Waals surface area contributed by atoms with Crippen LogP contribution in [0.1, 0.15) is 48.5 Å². The number of anilines is 1. The van der Waals surface area contributed by atoms with E-state index in [1.54, 1.807) is 11.4 Å². The highest BCUT2D eigenvalue weighted by atomic mass is 16.7. The summed E-state index contributed by atoms with van der Waals surface area (Å²) in [5.41, 5.74) is 0.499. The normalized spacial score (nSPS) is 21.2. The van der Waals surface area contributed by atoms with Gasteiger partial charge in [0, 0.05) is 18.5 Å². The Bertz CT molecular complexity index is 997. The van der Waals surface area contributed by atoms with Gasteiger partial charge in [0.15, 0.2) is 0 Å². The molecule has 2 aliphatic heterocycles. The van der Waals surface area contributed by atoms with Crippen LogP contribution < -0.4 is 10.4 Å². The van der Waals surface area contributed by atoms with E-state index < -0.39 is 23.7 Å². The maximum atomic E-state index is 12.2. The summed E-state index contributed by atoms with van der Waals surface area (Å²) in [4.78, 5) is 29.0. The van der Waals surface area contributed by atoms with Crippen molar-refractivity contribution in [3.63, 3.8) is 0 Å². The van der Waals surface area contributed by atoms with E-state index in [4.69, 9.17) is 14.1 Å². The van der Waals surface area contributed by atoms with Crippen LogP contribution in [-0.4, -0.2) is 65.5 Å². The Morgan fingerprint density at radius 2 is 1.66 bits per heavy atom. The largest absolute Gasteiger partial charge is 0.494 e. The summed E-state index contributed by atoms with van der Waals surface area (Å²) in [6, 6.07) is 6.06. The summed E-state index contributed by atoms with van der Waals surface area (Å²) in [5, 5.41) is 2.70. The highest BCUT2D eigenvalue weighted by Gasteiger charge is 2.51. The van der Waals surface area contributed by atoms with Crippen molar-refractivity contribution in [1.82, 2.24) is 15.0 Å². The zero-order valence-electron chi connectivity index (χ0n) is 20.1. The number of hydrogen-bond donors (Lipinski definition) is 0. The number of nitrogens with zero attached hydrogens (tertiary/aromatic N) is 4. The van der Waals surface area contributed by atoms with Gasteiger partial charge in [0.25, 0.3) is 0 Å². The average Bonchev–Trinajstić information content (AvgIpc) is 2.94. The molecule has 8 nitrogen and oxygen atoms in total. The summed E-state index contributed by atoms with van der Waals surface area (Å²) in [6.45, 7) is 16.4. The van der Waals surface area contributed by atoms with Crippen LogP contribution in [-0.2, 0) is 18.9 Å². The summed E-state index contributed by atoms with van der Waals surface area (Å²) in [5.74, 6) is 0.653. The molecule has 0 radical (unpaired) electrons. The smallest absolute Gasteiger partial charge is 0.399 e. The SMILES string of the molecule is CC(C)(C)C(=O)ON1CCN(c2ncnc3ccc(B4OC(C)(C)C(C)(C)O4)cc23)CC1. The predicted octanol–water partition coefficient (Wildman–Crippen LogP) is 2.56. The lowest BCUT2D eigenvalue weighted by molar-refractivity contribution is -0.201. The molecule has 0 atom stereocenters. The Kier molecular flexibility index (Phi) is 5.72. The minimum atomic E-state index is -0.524. The third-order valence-electron chi connectivity index (χ3n) is 6.53. The second-order valence-corrected chi connectivity index (χ2v) is 10.6. The maximum Gasteiger partial charge on any atom is 0.494 e. The fourth-order valence-corrected chi connectivity index (χ4v) is 3.68. The monoisotopic (exact) mass is 440 g/mol. The number of carbonyl (C=O) groups is 1. The number of fused-ring (bicyclic) bond motifs is 1. The molecular weight excluding hydrogens is 407 g/mol. The fraction of sp³-hybridized carbons (Fsp3) is 0.609. The van der Waals surface area contributed by atoms with Crippen molar-refractivity contribution in [2.45, 2.75) is 59.7 Å². The first-order chi connectivity index (χ1) is 14.9. The molecule has 32 heavy (non-hydrogen) atoms. The first-order valence-corrected chi connectivity index (χ1v) is 11.2. The van der Waals surface area contributed by atoms with Crippen LogP contribution in [0, 0.1) is 5.41 Å². The second-order valence-electron chi connectivity index (χ2n) is 10.6. The molecule has 2 aromatic rings. The zero-order valence-corrected chi connectivity index (χ0v) is 20.1. The Labute approximate surface area is 190 Å². The Morgan fingerprint density at radius 3 is 2.25 bits per heavy atom. The van der Waals surface area contributed by atoms with E-state index in [0.717, 1.165) is 22.2 Å². The number of rotatable bonds is 3. The van der Waals surface area contributed by atoms with Gasteiger partial charge in [-0.25, -0.2) is 14.8 Å². The van der Waals surface area contributed by atoms with Gasteiger partial charge >= 0.3 is 13.1 Å². The predicted molar refractivity (Wildman–Crippen MR) is 125 cm³/mol. The van der Waals surface area contributed by atoms with Crippen LogP contribution in [0.2, 0.25) is 0 Å².